The number of aromatic nitrogens is 3. The van der Waals surface area contributed by atoms with Crippen LogP contribution in [0, 0.1) is 5.41 Å². The minimum absolute atomic E-state index is 0.00935. The summed E-state index contributed by atoms with van der Waals surface area (Å²) in [5.74, 6) is 1.13. The van der Waals surface area contributed by atoms with Gasteiger partial charge < -0.3 is 14.5 Å². The van der Waals surface area contributed by atoms with Crippen molar-refractivity contribution in [3.63, 3.8) is 0 Å². The molecule has 0 fully saturated rings. The van der Waals surface area contributed by atoms with Crippen molar-refractivity contribution in [1.82, 2.24) is 14.8 Å². The first-order chi connectivity index (χ1) is 13.2. The van der Waals surface area contributed by atoms with E-state index in [1.165, 1.54) is 0 Å². The first kappa shape index (κ1) is 19.7. The van der Waals surface area contributed by atoms with Gasteiger partial charge in [0.05, 0.1) is 18.1 Å². The van der Waals surface area contributed by atoms with Crippen molar-refractivity contribution < 1.29 is 13.9 Å². The van der Waals surface area contributed by atoms with Crippen molar-refractivity contribution in [2.45, 2.75) is 47.1 Å². The summed E-state index contributed by atoms with van der Waals surface area (Å²) >= 11 is 0. The van der Waals surface area contributed by atoms with Gasteiger partial charge in [0, 0.05) is 12.1 Å². The Hall–Kier alpha value is -3.09. The van der Waals surface area contributed by atoms with Gasteiger partial charge in [0.15, 0.2) is 5.76 Å². The summed E-state index contributed by atoms with van der Waals surface area (Å²) in [6.07, 6.45) is 2.00. The molecule has 2 aromatic heterocycles. The highest BCUT2D eigenvalue weighted by Crippen LogP contribution is 2.25. The van der Waals surface area contributed by atoms with Crippen LogP contribution in [0.4, 0.5) is 5.69 Å². The predicted molar refractivity (Wildman–Crippen MR) is 108 cm³/mol. The van der Waals surface area contributed by atoms with Crippen molar-refractivity contribution >= 4 is 11.6 Å². The van der Waals surface area contributed by atoms with E-state index < -0.39 is 0 Å². The molecule has 7 heteroatoms. The van der Waals surface area contributed by atoms with E-state index in [0.29, 0.717) is 18.0 Å². The van der Waals surface area contributed by atoms with Gasteiger partial charge in [-0.1, -0.05) is 20.8 Å². The number of nitrogens with one attached hydrogen (secondary N) is 1. The molecule has 0 aliphatic rings. The maximum atomic E-state index is 12.1. The average Bonchev–Trinajstić information content (AvgIpc) is 3.22. The van der Waals surface area contributed by atoms with E-state index in [0.717, 1.165) is 11.4 Å². The van der Waals surface area contributed by atoms with Gasteiger partial charge in [0.25, 0.3) is 0 Å². The molecule has 1 N–H and O–H groups in total. The molecule has 0 saturated heterocycles. The fourth-order valence-electron chi connectivity index (χ4n) is 2.67. The summed E-state index contributed by atoms with van der Waals surface area (Å²) in [6, 6.07) is 11.3. The zero-order valence-electron chi connectivity index (χ0n) is 16.9. The van der Waals surface area contributed by atoms with E-state index in [1.54, 1.807) is 17.0 Å². The first-order valence-corrected chi connectivity index (χ1v) is 9.29. The van der Waals surface area contributed by atoms with Crippen LogP contribution in [0.3, 0.4) is 0 Å². The van der Waals surface area contributed by atoms with Gasteiger partial charge in [0.2, 0.25) is 11.7 Å². The van der Waals surface area contributed by atoms with Crippen molar-refractivity contribution in [3.8, 4) is 23.3 Å². The van der Waals surface area contributed by atoms with Gasteiger partial charge in [0.1, 0.15) is 0 Å². The van der Waals surface area contributed by atoms with Crippen molar-refractivity contribution in [2.24, 2.45) is 5.41 Å². The molecule has 1 amide bonds. The number of rotatable bonds is 6. The number of nitrogens with zero attached hydrogens (tertiary/aromatic N) is 3. The molecule has 3 rings (SSSR count). The van der Waals surface area contributed by atoms with Crippen LogP contribution in [0.5, 0.6) is 6.01 Å². The Labute approximate surface area is 164 Å². The highest BCUT2D eigenvalue weighted by atomic mass is 16.5. The lowest BCUT2D eigenvalue weighted by Crippen LogP contribution is -2.19. The number of amides is 1. The Morgan fingerprint density at radius 1 is 1.21 bits per heavy atom. The molecule has 148 valence electrons. The summed E-state index contributed by atoms with van der Waals surface area (Å²) in [6.45, 7) is 9.94. The lowest BCUT2D eigenvalue weighted by Gasteiger charge is -2.17. The third-order valence-electron chi connectivity index (χ3n) is 3.76. The maximum absolute atomic E-state index is 12.1. The van der Waals surface area contributed by atoms with Crippen LogP contribution in [0.2, 0.25) is 0 Å². The molecule has 1 aromatic carbocycles. The Morgan fingerprint density at radius 3 is 2.50 bits per heavy atom. The van der Waals surface area contributed by atoms with Gasteiger partial charge in [-0.2, -0.15) is 4.98 Å². The second-order valence-corrected chi connectivity index (χ2v) is 8.11. The standard InChI is InChI=1S/C21H26N4O3/c1-14(2)28-20-23-19(17-7-6-12-27-17)25(24-20)16-10-8-15(9-11-16)22-18(26)13-21(3,4)5/h6-12,14H,13H2,1-5H3,(H,22,26). The number of carbonyl (C=O) groups is 1. The second-order valence-electron chi connectivity index (χ2n) is 8.11. The molecule has 0 unspecified atom stereocenters. The summed E-state index contributed by atoms with van der Waals surface area (Å²) in [4.78, 5) is 16.6. The largest absolute Gasteiger partial charge is 0.461 e. The van der Waals surface area contributed by atoms with Crippen LogP contribution < -0.4 is 10.1 Å². The van der Waals surface area contributed by atoms with Gasteiger partial charge >= 0.3 is 6.01 Å². The number of furan rings is 1. The van der Waals surface area contributed by atoms with Crippen molar-refractivity contribution in [3.05, 3.63) is 42.7 Å². The van der Waals surface area contributed by atoms with Crippen LogP contribution in [-0.2, 0) is 4.79 Å². The lowest BCUT2D eigenvalue weighted by molar-refractivity contribution is -0.117. The highest BCUT2D eigenvalue weighted by Gasteiger charge is 2.18. The molecular formula is C21H26N4O3. The number of anilines is 1. The Morgan fingerprint density at radius 2 is 1.93 bits per heavy atom. The third-order valence-corrected chi connectivity index (χ3v) is 3.76. The molecule has 0 spiro atoms. The predicted octanol–water partition coefficient (Wildman–Crippen LogP) is 4.69. The maximum Gasteiger partial charge on any atom is 0.336 e. The highest BCUT2D eigenvalue weighted by molar-refractivity contribution is 5.91. The molecule has 0 bridgehead atoms. The smallest absolute Gasteiger partial charge is 0.336 e. The van der Waals surface area contributed by atoms with Crippen LogP contribution in [0.25, 0.3) is 17.3 Å². The monoisotopic (exact) mass is 382 g/mol. The minimum Gasteiger partial charge on any atom is -0.461 e. The topological polar surface area (TPSA) is 82.2 Å². The summed E-state index contributed by atoms with van der Waals surface area (Å²) in [5.41, 5.74) is 1.46. The summed E-state index contributed by atoms with van der Waals surface area (Å²) in [7, 11) is 0. The van der Waals surface area contributed by atoms with E-state index in [-0.39, 0.29) is 23.4 Å². The van der Waals surface area contributed by atoms with E-state index >= 15 is 0 Å². The molecule has 2 heterocycles. The number of hydrogen-bond acceptors (Lipinski definition) is 5. The Bertz CT molecular complexity index is 920. The SMILES string of the molecule is CC(C)Oc1nc(-c2ccco2)n(-c2ccc(NC(=O)CC(C)(C)C)cc2)n1. The zero-order valence-corrected chi connectivity index (χ0v) is 16.9. The lowest BCUT2D eigenvalue weighted by atomic mass is 9.92. The van der Waals surface area contributed by atoms with Crippen molar-refractivity contribution in [1.29, 1.82) is 0 Å². The van der Waals surface area contributed by atoms with E-state index in [1.807, 2.05) is 65.0 Å². The van der Waals surface area contributed by atoms with E-state index in [9.17, 15) is 4.79 Å². The van der Waals surface area contributed by atoms with Crippen LogP contribution >= 0.6 is 0 Å². The molecule has 7 nitrogen and oxygen atoms in total. The molecule has 0 saturated carbocycles. The van der Waals surface area contributed by atoms with Gasteiger partial charge in [-0.15, -0.1) is 5.10 Å². The summed E-state index contributed by atoms with van der Waals surface area (Å²) < 4.78 is 12.8. The minimum atomic E-state index is -0.0600. The molecular weight excluding hydrogens is 356 g/mol. The molecule has 3 aromatic rings. The van der Waals surface area contributed by atoms with Gasteiger partial charge in [-0.3, -0.25) is 4.79 Å². The summed E-state index contributed by atoms with van der Waals surface area (Å²) in [5, 5.41) is 7.37. The van der Waals surface area contributed by atoms with Gasteiger partial charge in [-0.25, -0.2) is 4.68 Å². The number of carbonyl (C=O) groups excluding carboxylic acids is 1. The Kier molecular flexibility index (Phi) is 5.53. The molecule has 0 aliphatic heterocycles. The van der Waals surface area contributed by atoms with E-state index in [2.05, 4.69) is 15.4 Å². The molecule has 0 radical (unpaired) electrons. The van der Waals surface area contributed by atoms with Crippen LogP contribution in [0.1, 0.15) is 41.0 Å². The van der Waals surface area contributed by atoms with Gasteiger partial charge in [-0.05, 0) is 55.7 Å². The van der Waals surface area contributed by atoms with E-state index in [4.69, 9.17) is 9.15 Å². The average molecular weight is 382 g/mol. The number of ether oxygens (including phenoxy) is 1. The molecule has 0 aliphatic carbocycles. The second kappa shape index (κ2) is 7.88. The van der Waals surface area contributed by atoms with Crippen LogP contribution in [-0.4, -0.2) is 26.8 Å². The fourth-order valence-corrected chi connectivity index (χ4v) is 2.67. The van der Waals surface area contributed by atoms with Crippen LogP contribution in [0.15, 0.2) is 47.1 Å². The quantitative estimate of drug-likeness (QED) is 0.669. The number of benzene rings is 1. The first-order valence-electron chi connectivity index (χ1n) is 9.29. The normalized spacial score (nSPS) is 11.6. The number of hydrogen-bond donors (Lipinski definition) is 1. The zero-order chi connectivity index (χ0) is 20.3. The Balaban J connectivity index is 1.85. The molecule has 0 atom stereocenters. The molecule has 28 heavy (non-hydrogen) atoms. The fraction of sp³-hybridized carbons (Fsp3) is 0.381. The third kappa shape index (κ3) is 5.00. The van der Waals surface area contributed by atoms with Crippen molar-refractivity contribution in [2.75, 3.05) is 5.32 Å².